The van der Waals surface area contributed by atoms with E-state index >= 15 is 0 Å². The Hall–Kier alpha value is -1.64. The van der Waals surface area contributed by atoms with E-state index in [9.17, 15) is 13.2 Å². The topological polar surface area (TPSA) is 96.5 Å². The number of benzene rings is 1. The third kappa shape index (κ3) is 3.23. The smallest absolute Gasteiger partial charge is 0.313 e. The lowest BCUT2D eigenvalue weighted by Crippen LogP contribution is -2.44. The average molecular weight is 327 g/mol. The standard InChI is InChI=1S/C14H21N3O4S/c1-8-5-6-11(7-9(8)2)17-22(19,20)13-12(14(18)21-4)10(3)15-16-13/h5-7,10,12-13,15-17H,1-4H3. The molecule has 1 aromatic rings. The maximum atomic E-state index is 12.6. The highest BCUT2D eigenvalue weighted by molar-refractivity contribution is 7.93. The molecule has 1 heterocycles. The van der Waals surface area contributed by atoms with E-state index in [1.165, 1.54) is 7.11 Å². The predicted octanol–water partition coefficient (Wildman–Crippen LogP) is 0.657. The van der Waals surface area contributed by atoms with Gasteiger partial charge in [-0.25, -0.2) is 13.8 Å². The third-order valence-corrected chi connectivity index (χ3v) is 5.49. The number of hydrogen-bond acceptors (Lipinski definition) is 6. The number of ether oxygens (including phenoxy) is 1. The van der Waals surface area contributed by atoms with E-state index in [2.05, 4.69) is 15.6 Å². The van der Waals surface area contributed by atoms with Gasteiger partial charge in [-0.1, -0.05) is 6.07 Å². The first-order valence-electron chi connectivity index (χ1n) is 6.94. The molecule has 0 aliphatic carbocycles. The molecule has 2 rings (SSSR count). The molecule has 3 N–H and O–H groups in total. The molecule has 7 nitrogen and oxygen atoms in total. The number of hydrazine groups is 1. The van der Waals surface area contributed by atoms with Crippen LogP contribution < -0.4 is 15.6 Å². The number of aryl methyl sites for hydroxylation is 2. The molecular weight excluding hydrogens is 306 g/mol. The number of rotatable bonds is 4. The SMILES string of the molecule is COC(=O)C1C(C)NNC1S(=O)(=O)Nc1ccc(C)c(C)c1. The molecule has 0 spiro atoms. The Bertz CT molecular complexity index is 675. The number of hydrogen-bond donors (Lipinski definition) is 3. The molecule has 122 valence electrons. The number of nitrogens with one attached hydrogen (secondary N) is 3. The lowest BCUT2D eigenvalue weighted by molar-refractivity contribution is -0.145. The second kappa shape index (κ2) is 6.23. The molecule has 22 heavy (non-hydrogen) atoms. The van der Waals surface area contributed by atoms with Crippen molar-refractivity contribution < 1.29 is 17.9 Å². The number of methoxy groups -OCH3 is 1. The van der Waals surface area contributed by atoms with E-state index in [0.717, 1.165) is 11.1 Å². The van der Waals surface area contributed by atoms with Gasteiger partial charge in [-0.3, -0.25) is 14.9 Å². The van der Waals surface area contributed by atoms with E-state index < -0.39 is 27.3 Å². The molecule has 1 fully saturated rings. The van der Waals surface area contributed by atoms with Gasteiger partial charge in [0.1, 0.15) is 5.92 Å². The van der Waals surface area contributed by atoms with Crippen molar-refractivity contribution in [1.82, 2.24) is 10.9 Å². The van der Waals surface area contributed by atoms with Crippen molar-refractivity contribution in [3.8, 4) is 0 Å². The van der Waals surface area contributed by atoms with Gasteiger partial charge in [-0.15, -0.1) is 0 Å². The van der Waals surface area contributed by atoms with Gasteiger partial charge >= 0.3 is 5.97 Å². The molecule has 0 aromatic heterocycles. The maximum Gasteiger partial charge on any atom is 0.313 e. The van der Waals surface area contributed by atoms with Crippen molar-refractivity contribution in [2.24, 2.45) is 5.92 Å². The first-order chi connectivity index (χ1) is 10.3. The highest BCUT2D eigenvalue weighted by Crippen LogP contribution is 2.23. The summed E-state index contributed by atoms with van der Waals surface area (Å²) in [5, 5.41) is -1.10. The summed E-state index contributed by atoms with van der Waals surface area (Å²) in [6.45, 7) is 5.58. The van der Waals surface area contributed by atoms with Gasteiger partial charge in [0, 0.05) is 11.7 Å². The first-order valence-corrected chi connectivity index (χ1v) is 8.48. The monoisotopic (exact) mass is 327 g/mol. The summed E-state index contributed by atoms with van der Waals surface area (Å²) in [6, 6.07) is 4.94. The van der Waals surface area contributed by atoms with Crippen LogP contribution >= 0.6 is 0 Å². The highest BCUT2D eigenvalue weighted by atomic mass is 32.2. The average Bonchev–Trinajstić information content (AvgIpc) is 2.84. The number of anilines is 1. The zero-order valence-electron chi connectivity index (χ0n) is 13.0. The minimum absolute atomic E-state index is 0.353. The minimum atomic E-state index is -3.80. The summed E-state index contributed by atoms with van der Waals surface area (Å²) in [7, 11) is -2.56. The van der Waals surface area contributed by atoms with Gasteiger partial charge < -0.3 is 4.74 Å². The van der Waals surface area contributed by atoms with Gasteiger partial charge in [-0.05, 0) is 44.0 Å². The van der Waals surface area contributed by atoms with Crippen molar-refractivity contribution in [3.05, 3.63) is 29.3 Å². The van der Waals surface area contributed by atoms with Crippen LogP contribution in [-0.2, 0) is 19.6 Å². The van der Waals surface area contributed by atoms with Crippen LogP contribution in [0.1, 0.15) is 18.1 Å². The van der Waals surface area contributed by atoms with E-state index in [1.54, 1.807) is 19.1 Å². The van der Waals surface area contributed by atoms with Crippen LogP contribution in [-0.4, -0.2) is 32.9 Å². The maximum absolute atomic E-state index is 12.6. The van der Waals surface area contributed by atoms with Crippen LogP contribution in [0.3, 0.4) is 0 Å². The Labute approximate surface area is 130 Å². The van der Waals surface area contributed by atoms with Crippen molar-refractivity contribution in [1.29, 1.82) is 0 Å². The van der Waals surface area contributed by atoms with Crippen LogP contribution in [0.4, 0.5) is 5.69 Å². The molecule has 3 unspecified atom stereocenters. The van der Waals surface area contributed by atoms with Crippen LogP contribution in [0.2, 0.25) is 0 Å². The molecule has 0 saturated carbocycles. The van der Waals surface area contributed by atoms with Crippen LogP contribution in [0.15, 0.2) is 18.2 Å². The fourth-order valence-corrected chi connectivity index (χ4v) is 3.96. The molecule has 0 radical (unpaired) electrons. The highest BCUT2D eigenvalue weighted by Gasteiger charge is 2.46. The second-order valence-electron chi connectivity index (χ2n) is 5.49. The molecule has 0 amide bonds. The van der Waals surface area contributed by atoms with E-state index in [1.807, 2.05) is 19.9 Å². The Kier molecular flexibility index (Phi) is 4.74. The summed E-state index contributed by atoms with van der Waals surface area (Å²) in [5.74, 6) is -1.39. The van der Waals surface area contributed by atoms with Gasteiger partial charge in [0.25, 0.3) is 10.0 Å². The normalized spacial score (nSPS) is 25.0. The molecule has 8 heteroatoms. The van der Waals surface area contributed by atoms with Crippen molar-refractivity contribution in [3.63, 3.8) is 0 Å². The number of esters is 1. The lowest BCUT2D eigenvalue weighted by Gasteiger charge is -2.20. The van der Waals surface area contributed by atoms with Crippen LogP contribution in [0.25, 0.3) is 0 Å². The number of carbonyl (C=O) groups is 1. The van der Waals surface area contributed by atoms with Gasteiger partial charge in [0.15, 0.2) is 5.37 Å². The minimum Gasteiger partial charge on any atom is -0.469 e. The van der Waals surface area contributed by atoms with Gasteiger partial charge in [0.05, 0.1) is 7.11 Å². The molecular formula is C14H21N3O4S. The molecule has 0 bridgehead atoms. The summed E-state index contributed by atoms with van der Waals surface area (Å²) in [4.78, 5) is 11.8. The zero-order chi connectivity index (χ0) is 16.5. The number of sulfonamides is 1. The summed E-state index contributed by atoms with van der Waals surface area (Å²) < 4.78 is 32.3. The third-order valence-electron chi connectivity index (χ3n) is 3.89. The van der Waals surface area contributed by atoms with Crippen molar-refractivity contribution >= 4 is 21.7 Å². The fourth-order valence-electron chi connectivity index (χ4n) is 2.42. The van der Waals surface area contributed by atoms with Gasteiger partial charge in [-0.2, -0.15) is 0 Å². The Morgan fingerprint density at radius 2 is 1.91 bits per heavy atom. The number of carbonyl (C=O) groups excluding carboxylic acids is 1. The Morgan fingerprint density at radius 1 is 1.23 bits per heavy atom. The van der Waals surface area contributed by atoms with E-state index in [4.69, 9.17) is 4.74 Å². The first kappa shape index (κ1) is 16.7. The Morgan fingerprint density at radius 3 is 2.50 bits per heavy atom. The Balaban J connectivity index is 2.25. The van der Waals surface area contributed by atoms with Crippen molar-refractivity contribution in [2.45, 2.75) is 32.2 Å². The predicted molar refractivity (Wildman–Crippen MR) is 83.5 cm³/mol. The van der Waals surface area contributed by atoms with Crippen LogP contribution in [0.5, 0.6) is 0 Å². The summed E-state index contributed by atoms with van der Waals surface area (Å²) in [6.07, 6.45) is 0. The second-order valence-corrected chi connectivity index (χ2v) is 7.30. The molecule has 1 aromatic carbocycles. The molecule has 1 saturated heterocycles. The van der Waals surface area contributed by atoms with E-state index in [-0.39, 0.29) is 6.04 Å². The quantitative estimate of drug-likeness (QED) is 0.703. The molecule has 1 aliphatic rings. The summed E-state index contributed by atoms with van der Waals surface area (Å²) >= 11 is 0. The lowest BCUT2D eigenvalue weighted by atomic mass is 10.0. The fraction of sp³-hybridized carbons (Fsp3) is 0.500. The summed E-state index contributed by atoms with van der Waals surface area (Å²) in [5.41, 5.74) is 7.96. The van der Waals surface area contributed by atoms with Crippen LogP contribution in [0, 0.1) is 19.8 Å². The largest absolute Gasteiger partial charge is 0.469 e. The van der Waals surface area contributed by atoms with Gasteiger partial charge in [0.2, 0.25) is 0 Å². The van der Waals surface area contributed by atoms with E-state index in [0.29, 0.717) is 5.69 Å². The zero-order valence-corrected chi connectivity index (χ0v) is 13.8. The molecule has 1 aliphatic heterocycles. The van der Waals surface area contributed by atoms with Crippen molar-refractivity contribution in [2.75, 3.05) is 11.8 Å². The molecule has 3 atom stereocenters.